The molecule has 0 aliphatic heterocycles. The lowest BCUT2D eigenvalue weighted by Gasteiger charge is -2.53. The third-order valence-corrected chi connectivity index (χ3v) is 6.65. The Kier molecular flexibility index (Phi) is 3.70. The van der Waals surface area contributed by atoms with Crippen molar-refractivity contribution in [2.24, 2.45) is 11.3 Å². The number of Topliss-reactive ketones (excluding diaryl/α,β-unsaturated/α-hetero) is 1. The van der Waals surface area contributed by atoms with Crippen LogP contribution < -0.4 is 4.74 Å². The van der Waals surface area contributed by atoms with Crippen molar-refractivity contribution in [2.45, 2.75) is 58.8 Å². The summed E-state index contributed by atoms with van der Waals surface area (Å²) in [4.78, 5) is 12.5. The Morgan fingerprint density at radius 2 is 2.00 bits per heavy atom. The highest BCUT2D eigenvalue weighted by molar-refractivity contribution is 5.86. The van der Waals surface area contributed by atoms with Gasteiger partial charge in [-0.25, -0.2) is 0 Å². The minimum absolute atomic E-state index is 0.0454. The molecule has 2 nitrogen and oxygen atoms in total. The van der Waals surface area contributed by atoms with E-state index >= 15 is 0 Å². The molecule has 2 atom stereocenters. The van der Waals surface area contributed by atoms with Gasteiger partial charge in [-0.05, 0) is 65.8 Å². The summed E-state index contributed by atoms with van der Waals surface area (Å²) < 4.78 is 5.64. The van der Waals surface area contributed by atoms with Crippen LogP contribution in [0.2, 0.25) is 0 Å². The summed E-state index contributed by atoms with van der Waals surface area (Å²) in [5.74, 6) is 1.76. The van der Waals surface area contributed by atoms with Crippen LogP contribution in [0, 0.1) is 18.3 Å². The van der Waals surface area contributed by atoms with Gasteiger partial charge in [0.05, 0.1) is 7.11 Å². The Morgan fingerprint density at radius 3 is 2.61 bits per heavy atom. The number of hydrogen-bond acceptors (Lipinski definition) is 2. The van der Waals surface area contributed by atoms with Crippen LogP contribution in [0.5, 0.6) is 5.75 Å². The first-order valence-corrected chi connectivity index (χ1v) is 8.64. The molecule has 0 amide bonds. The first-order valence-electron chi connectivity index (χ1n) is 8.64. The van der Waals surface area contributed by atoms with E-state index in [1.165, 1.54) is 22.3 Å². The highest BCUT2D eigenvalue weighted by Gasteiger charge is 2.53. The predicted octanol–water partition coefficient (Wildman–Crippen LogP) is 4.86. The van der Waals surface area contributed by atoms with Gasteiger partial charge in [0.1, 0.15) is 11.5 Å². The van der Waals surface area contributed by atoms with Crippen molar-refractivity contribution in [2.75, 3.05) is 7.11 Å². The first-order chi connectivity index (χ1) is 10.8. The molecule has 1 aromatic rings. The van der Waals surface area contributed by atoms with Gasteiger partial charge < -0.3 is 4.74 Å². The third kappa shape index (κ3) is 2.10. The molecule has 0 radical (unpaired) electrons. The topological polar surface area (TPSA) is 26.3 Å². The molecule has 3 rings (SSSR count). The van der Waals surface area contributed by atoms with Gasteiger partial charge in [-0.2, -0.15) is 0 Å². The van der Waals surface area contributed by atoms with E-state index in [0.717, 1.165) is 25.0 Å². The number of fused-ring (bicyclic) bond motifs is 3. The Balaban J connectivity index is 2.24. The fourth-order valence-electron chi connectivity index (χ4n) is 5.25. The second-order valence-corrected chi connectivity index (χ2v) is 8.00. The van der Waals surface area contributed by atoms with Crippen molar-refractivity contribution in [3.63, 3.8) is 0 Å². The van der Waals surface area contributed by atoms with Crippen molar-refractivity contribution in [3.8, 4) is 5.75 Å². The summed E-state index contributed by atoms with van der Waals surface area (Å²) in [6.07, 6.45) is 5.70. The number of ketones is 1. The lowest BCUT2D eigenvalue weighted by molar-refractivity contribution is -0.137. The Morgan fingerprint density at radius 1 is 1.30 bits per heavy atom. The van der Waals surface area contributed by atoms with Crippen LogP contribution in [0.3, 0.4) is 0 Å². The normalized spacial score (nSPS) is 28.7. The van der Waals surface area contributed by atoms with E-state index in [2.05, 4.69) is 40.3 Å². The van der Waals surface area contributed by atoms with E-state index in [4.69, 9.17) is 4.74 Å². The van der Waals surface area contributed by atoms with Crippen LogP contribution in [0.4, 0.5) is 0 Å². The number of carbonyl (C=O) groups is 1. The van der Waals surface area contributed by atoms with Crippen LogP contribution in [0.25, 0.3) is 6.08 Å². The third-order valence-electron chi connectivity index (χ3n) is 6.65. The largest absolute Gasteiger partial charge is 0.496 e. The van der Waals surface area contributed by atoms with Gasteiger partial charge in [0.25, 0.3) is 0 Å². The fourth-order valence-corrected chi connectivity index (χ4v) is 5.25. The van der Waals surface area contributed by atoms with Crippen molar-refractivity contribution in [3.05, 3.63) is 34.9 Å². The molecule has 2 aliphatic rings. The van der Waals surface area contributed by atoms with Crippen LogP contribution in [0.1, 0.15) is 62.3 Å². The van der Waals surface area contributed by atoms with Crippen molar-refractivity contribution in [1.29, 1.82) is 0 Å². The van der Waals surface area contributed by atoms with Crippen LogP contribution >= 0.6 is 0 Å². The average molecular weight is 312 g/mol. The maximum atomic E-state index is 12.5. The molecule has 0 unspecified atom stereocenters. The van der Waals surface area contributed by atoms with Gasteiger partial charge in [0.15, 0.2) is 0 Å². The highest BCUT2D eigenvalue weighted by Crippen LogP contribution is 2.57. The molecule has 2 aliphatic carbocycles. The summed E-state index contributed by atoms with van der Waals surface area (Å²) in [6.45, 7) is 12.8. The van der Waals surface area contributed by atoms with E-state index in [0.29, 0.717) is 18.1 Å². The van der Waals surface area contributed by atoms with Crippen LogP contribution in [0.15, 0.2) is 12.6 Å². The fraction of sp³-hybridized carbons (Fsp3) is 0.571. The summed E-state index contributed by atoms with van der Waals surface area (Å²) in [6, 6.07) is 2.23. The molecule has 0 spiro atoms. The highest BCUT2D eigenvalue weighted by atomic mass is 16.5. The van der Waals surface area contributed by atoms with Gasteiger partial charge >= 0.3 is 0 Å². The number of rotatable bonds is 2. The number of ether oxygens (including phenoxy) is 1. The zero-order valence-electron chi connectivity index (χ0n) is 15.1. The molecular weight excluding hydrogens is 284 g/mol. The van der Waals surface area contributed by atoms with Gasteiger partial charge in [0, 0.05) is 11.8 Å². The SMILES string of the molecule is C=Cc1c(C)c(OC)cc2c1CC[C@@H]1C(C)(C)C(=O)CC[C@@]21C. The zero-order valence-corrected chi connectivity index (χ0v) is 15.1. The average Bonchev–Trinajstić information content (AvgIpc) is 2.51. The number of methoxy groups -OCH3 is 1. The molecule has 2 heteroatoms. The van der Waals surface area contributed by atoms with Crippen LogP contribution in [-0.4, -0.2) is 12.9 Å². The van der Waals surface area contributed by atoms with E-state index in [1.807, 2.05) is 6.08 Å². The Labute approximate surface area is 139 Å². The van der Waals surface area contributed by atoms with E-state index in [1.54, 1.807) is 7.11 Å². The molecule has 1 aromatic carbocycles. The van der Waals surface area contributed by atoms with E-state index in [-0.39, 0.29) is 10.8 Å². The van der Waals surface area contributed by atoms with Gasteiger partial charge in [-0.15, -0.1) is 0 Å². The molecule has 0 aromatic heterocycles. The minimum Gasteiger partial charge on any atom is -0.496 e. The molecule has 0 saturated heterocycles. The van der Waals surface area contributed by atoms with Gasteiger partial charge in [-0.1, -0.05) is 33.4 Å². The second kappa shape index (κ2) is 5.22. The molecule has 0 bridgehead atoms. The standard InChI is InChI=1S/C21H28O2/c1-7-14-13(2)17(23-6)12-16-15(14)8-9-18-20(3,4)19(22)10-11-21(16,18)5/h7,12,18H,1,8-11H2,2-6H3/t18-,21+/m1/s1. The molecule has 124 valence electrons. The summed E-state index contributed by atoms with van der Waals surface area (Å²) in [7, 11) is 1.73. The minimum atomic E-state index is -0.239. The monoisotopic (exact) mass is 312 g/mol. The second-order valence-electron chi connectivity index (χ2n) is 8.00. The quantitative estimate of drug-likeness (QED) is 0.780. The lowest BCUT2D eigenvalue weighted by atomic mass is 9.49. The zero-order chi connectivity index (χ0) is 17.0. The van der Waals surface area contributed by atoms with E-state index < -0.39 is 0 Å². The molecule has 1 saturated carbocycles. The maximum absolute atomic E-state index is 12.5. The molecule has 0 N–H and O–H groups in total. The number of hydrogen-bond donors (Lipinski definition) is 0. The summed E-state index contributed by atoms with van der Waals surface area (Å²) >= 11 is 0. The van der Waals surface area contributed by atoms with Crippen molar-refractivity contribution < 1.29 is 9.53 Å². The molecule has 1 fully saturated rings. The van der Waals surface area contributed by atoms with Crippen LogP contribution in [-0.2, 0) is 16.6 Å². The predicted molar refractivity (Wildman–Crippen MR) is 95.0 cm³/mol. The number of carbonyl (C=O) groups excluding carboxylic acids is 1. The lowest BCUT2D eigenvalue weighted by Crippen LogP contribution is -2.52. The Bertz CT molecular complexity index is 684. The van der Waals surface area contributed by atoms with Crippen molar-refractivity contribution in [1.82, 2.24) is 0 Å². The smallest absolute Gasteiger partial charge is 0.138 e. The Hall–Kier alpha value is -1.57. The summed E-state index contributed by atoms with van der Waals surface area (Å²) in [5.41, 5.74) is 5.01. The van der Waals surface area contributed by atoms with Crippen molar-refractivity contribution >= 4 is 11.9 Å². The molecular formula is C21H28O2. The maximum Gasteiger partial charge on any atom is 0.138 e. The first kappa shape index (κ1) is 16.3. The van der Waals surface area contributed by atoms with E-state index in [9.17, 15) is 4.79 Å². The number of benzene rings is 1. The molecule has 0 heterocycles. The van der Waals surface area contributed by atoms with Gasteiger partial charge in [0.2, 0.25) is 0 Å². The van der Waals surface area contributed by atoms with Gasteiger partial charge in [-0.3, -0.25) is 4.79 Å². The molecule has 23 heavy (non-hydrogen) atoms. The summed E-state index contributed by atoms with van der Waals surface area (Å²) in [5, 5.41) is 0.